The highest BCUT2D eigenvalue weighted by Gasteiger charge is 2.37. The first-order valence-electron chi connectivity index (χ1n) is 8.19. The van der Waals surface area contributed by atoms with Gasteiger partial charge in [-0.15, -0.1) is 0 Å². The largest absolute Gasteiger partial charge is 0.335 e. The van der Waals surface area contributed by atoms with Crippen molar-refractivity contribution < 1.29 is 9.59 Å². The average Bonchev–Trinajstić information content (AvgIpc) is 3.04. The first kappa shape index (κ1) is 16.2. The van der Waals surface area contributed by atoms with Gasteiger partial charge in [0.15, 0.2) is 0 Å². The van der Waals surface area contributed by atoms with Gasteiger partial charge in [-0.05, 0) is 18.6 Å². The van der Waals surface area contributed by atoms with Crippen molar-refractivity contribution >= 4 is 11.8 Å². The number of nitrogens with zero attached hydrogens (tertiary/aromatic N) is 4. The molecule has 0 bridgehead atoms. The van der Waals surface area contributed by atoms with Crippen LogP contribution in [0.5, 0.6) is 0 Å². The van der Waals surface area contributed by atoms with Crippen LogP contribution in [0.2, 0.25) is 0 Å². The van der Waals surface area contributed by atoms with Crippen molar-refractivity contribution in [2.45, 2.75) is 32.5 Å². The molecule has 1 aliphatic rings. The Morgan fingerprint density at radius 2 is 1.92 bits per heavy atom. The summed E-state index contributed by atoms with van der Waals surface area (Å²) in [6.45, 7) is 3.28. The highest BCUT2D eigenvalue weighted by atomic mass is 16.2. The molecule has 1 aromatic heterocycles. The molecule has 1 aliphatic heterocycles. The molecule has 0 radical (unpaired) electrons. The standard InChI is InChI=1S/C18H22N4O2/c1-3-21-10-9-15(19-21)12-22-16(11-14-7-5-4-6-8-14)18(24)20(2)13-17(22)23/h4-10,16H,3,11-13H2,1-2H3/t16-/m0/s1. The summed E-state index contributed by atoms with van der Waals surface area (Å²) >= 11 is 0. The number of aromatic nitrogens is 2. The van der Waals surface area contributed by atoms with Crippen LogP contribution in [0.1, 0.15) is 18.2 Å². The normalized spacial score (nSPS) is 18.3. The van der Waals surface area contributed by atoms with E-state index in [4.69, 9.17) is 0 Å². The molecule has 0 aliphatic carbocycles. The monoisotopic (exact) mass is 326 g/mol. The lowest BCUT2D eigenvalue weighted by Crippen LogP contribution is -2.59. The number of carbonyl (C=O) groups is 2. The molecule has 2 amide bonds. The Labute approximate surface area is 141 Å². The van der Waals surface area contributed by atoms with Crippen molar-refractivity contribution in [3.05, 3.63) is 53.9 Å². The van der Waals surface area contributed by atoms with Crippen LogP contribution in [0.25, 0.3) is 0 Å². The summed E-state index contributed by atoms with van der Waals surface area (Å²) in [7, 11) is 1.68. The zero-order chi connectivity index (χ0) is 17.1. The van der Waals surface area contributed by atoms with Crippen molar-refractivity contribution in [2.75, 3.05) is 13.6 Å². The van der Waals surface area contributed by atoms with E-state index in [2.05, 4.69) is 5.10 Å². The summed E-state index contributed by atoms with van der Waals surface area (Å²) in [5, 5.41) is 4.44. The van der Waals surface area contributed by atoms with Crippen LogP contribution in [-0.4, -0.2) is 51.0 Å². The second-order valence-corrected chi connectivity index (χ2v) is 6.08. The predicted octanol–water partition coefficient (Wildman–Crippen LogP) is 1.31. The number of likely N-dealkylation sites (N-methyl/N-ethyl adjacent to an activating group) is 1. The fourth-order valence-electron chi connectivity index (χ4n) is 3.01. The van der Waals surface area contributed by atoms with Gasteiger partial charge in [0.25, 0.3) is 0 Å². The molecule has 2 aromatic rings. The van der Waals surface area contributed by atoms with Gasteiger partial charge in [0.05, 0.1) is 18.8 Å². The Morgan fingerprint density at radius 1 is 1.17 bits per heavy atom. The number of hydrogen-bond acceptors (Lipinski definition) is 3. The van der Waals surface area contributed by atoms with Crippen LogP contribution < -0.4 is 0 Å². The maximum Gasteiger partial charge on any atom is 0.245 e. The number of piperazine rings is 1. The van der Waals surface area contributed by atoms with Crippen molar-refractivity contribution in [2.24, 2.45) is 0 Å². The lowest BCUT2D eigenvalue weighted by Gasteiger charge is -2.38. The summed E-state index contributed by atoms with van der Waals surface area (Å²) in [6, 6.07) is 11.2. The molecule has 6 heteroatoms. The van der Waals surface area contributed by atoms with E-state index in [1.54, 1.807) is 11.9 Å². The number of amides is 2. The molecule has 0 spiro atoms. The smallest absolute Gasteiger partial charge is 0.245 e. The van der Waals surface area contributed by atoms with E-state index >= 15 is 0 Å². The molecule has 0 N–H and O–H groups in total. The molecule has 0 saturated carbocycles. The Kier molecular flexibility index (Phi) is 4.64. The second-order valence-electron chi connectivity index (χ2n) is 6.08. The molecular weight excluding hydrogens is 304 g/mol. The van der Waals surface area contributed by atoms with Crippen molar-refractivity contribution in [3.63, 3.8) is 0 Å². The zero-order valence-corrected chi connectivity index (χ0v) is 14.1. The highest BCUT2D eigenvalue weighted by Crippen LogP contribution is 2.19. The first-order valence-corrected chi connectivity index (χ1v) is 8.19. The molecule has 126 valence electrons. The fourth-order valence-corrected chi connectivity index (χ4v) is 3.01. The predicted molar refractivity (Wildman–Crippen MR) is 90.0 cm³/mol. The Morgan fingerprint density at radius 3 is 2.58 bits per heavy atom. The minimum atomic E-state index is -0.481. The minimum Gasteiger partial charge on any atom is -0.335 e. The second kappa shape index (κ2) is 6.86. The summed E-state index contributed by atoms with van der Waals surface area (Å²) in [6.07, 6.45) is 2.41. The number of carbonyl (C=O) groups excluding carboxylic acids is 2. The topological polar surface area (TPSA) is 58.4 Å². The van der Waals surface area contributed by atoms with Gasteiger partial charge in [0, 0.05) is 26.2 Å². The van der Waals surface area contributed by atoms with Crippen molar-refractivity contribution in [3.8, 4) is 0 Å². The summed E-state index contributed by atoms with van der Waals surface area (Å²) in [4.78, 5) is 28.3. The molecular formula is C18H22N4O2. The highest BCUT2D eigenvalue weighted by molar-refractivity contribution is 5.94. The Balaban J connectivity index is 1.84. The molecule has 24 heavy (non-hydrogen) atoms. The number of benzene rings is 1. The maximum atomic E-state index is 12.6. The minimum absolute atomic E-state index is 0.0200. The van der Waals surface area contributed by atoms with Crippen molar-refractivity contribution in [1.29, 1.82) is 0 Å². The van der Waals surface area contributed by atoms with E-state index in [1.165, 1.54) is 4.90 Å². The molecule has 1 atom stereocenters. The van der Waals surface area contributed by atoms with Gasteiger partial charge < -0.3 is 9.80 Å². The average molecular weight is 326 g/mol. The molecule has 2 heterocycles. The van der Waals surface area contributed by atoms with Gasteiger partial charge in [-0.1, -0.05) is 30.3 Å². The van der Waals surface area contributed by atoms with Crippen LogP contribution in [0.3, 0.4) is 0 Å². The van der Waals surface area contributed by atoms with E-state index in [0.29, 0.717) is 13.0 Å². The quantitative estimate of drug-likeness (QED) is 0.832. The van der Waals surface area contributed by atoms with Gasteiger partial charge in [-0.3, -0.25) is 14.3 Å². The van der Waals surface area contributed by atoms with E-state index in [-0.39, 0.29) is 18.4 Å². The first-order chi connectivity index (χ1) is 11.6. The van der Waals surface area contributed by atoms with Gasteiger partial charge in [-0.25, -0.2) is 0 Å². The third-order valence-corrected chi connectivity index (χ3v) is 4.35. The van der Waals surface area contributed by atoms with Gasteiger partial charge >= 0.3 is 0 Å². The molecule has 6 nitrogen and oxygen atoms in total. The fraction of sp³-hybridized carbons (Fsp3) is 0.389. The maximum absolute atomic E-state index is 12.6. The lowest BCUT2D eigenvalue weighted by atomic mass is 10.0. The number of rotatable bonds is 5. The molecule has 3 rings (SSSR count). The van der Waals surface area contributed by atoms with Crippen LogP contribution >= 0.6 is 0 Å². The van der Waals surface area contributed by atoms with Gasteiger partial charge in [0.2, 0.25) is 11.8 Å². The van der Waals surface area contributed by atoms with Crippen LogP contribution in [-0.2, 0) is 29.1 Å². The third kappa shape index (κ3) is 3.32. The van der Waals surface area contributed by atoms with Crippen molar-refractivity contribution in [1.82, 2.24) is 19.6 Å². The molecule has 1 aromatic carbocycles. The third-order valence-electron chi connectivity index (χ3n) is 4.35. The van der Waals surface area contributed by atoms with Crippen LogP contribution in [0, 0.1) is 0 Å². The Bertz CT molecular complexity index is 726. The van der Waals surface area contributed by atoms with E-state index < -0.39 is 6.04 Å². The van der Waals surface area contributed by atoms with Crippen LogP contribution in [0.4, 0.5) is 0 Å². The number of aryl methyl sites for hydroxylation is 1. The number of hydrogen-bond donors (Lipinski definition) is 0. The summed E-state index contributed by atoms with van der Waals surface area (Å²) in [5.74, 6) is -0.0579. The van der Waals surface area contributed by atoms with Crippen LogP contribution in [0.15, 0.2) is 42.6 Å². The SMILES string of the molecule is CCn1ccc(CN2C(=O)CN(C)C(=O)[C@@H]2Cc2ccccc2)n1. The zero-order valence-electron chi connectivity index (χ0n) is 14.1. The Hall–Kier alpha value is -2.63. The van der Waals surface area contributed by atoms with E-state index in [9.17, 15) is 9.59 Å². The molecule has 1 saturated heterocycles. The summed E-state index contributed by atoms with van der Waals surface area (Å²) in [5.41, 5.74) is 1.85. The lowest BCUT2D eigenvalue weighted by molar-refractivity contribution is -0.155. The van der Waals surface area contributed by atoms with Gasteiger partial charge in [-0.2, -0.15) is 5.10 Å². The van der Waals surface area contributed by atoms with E-state index in [0.717, 1.165) is 17.8 Å². The summed E-state index contributed by atoms with van der Waals surface area (Å²) < 4.78 is 1.82. The van der Waals surface area contributed by atoms with E-state index in [1.807, 2.05) is 54.2 Å². The molecule has 1 fully saturated rings. The molecule has 0 unspecified atom stereocenters. The van der Waals surface area contributed by atoms with Gasteiger partial charge in [0.1, 0.15) is 6.04 Å².